The molecule has 0 unspecified atom stereocenters. The van der Waals surface area contributed by atoms with Crippen LogP contribution in [0.3, 0.4) is 0 Å². The Balaban J connectivity index is 1.35. The predicted molar refractivity (Wildman–Crippen MR) is 102 cm³/mol. The van der Waals surface area contributed by atoms with E-state index in [1.165, 1.54) is 36.8 Å². The summed E-state index contributed by atoms with van der Waals surface area (Å²) in [6.45, 7) is 0.349. The van der Waals surface area contributed by atoms with Gasteiger partial charge in [0.25, 0.3) is 0 Å². The Morgan fingerprint density at radius 1 is 0.920 bits per heavy atom. The zero-order valence-electron chi connectivity index (χ0n) is 14.6. The molecule has 2 N–H and O–H groups in total. The van der Waals surface area contributed by atoms with Gasteiger partial charge in [0, 0.05) is 11.7 Å². The standard InChI is InChI=1S/C22H26N2O/c25-21(24-22(17-10-11-17)18-12-13-18)15-23-20-9-5-4-8-19(20)14-16-6-2-1-3-7-16/h1-9,17-18,22-23H,10-15H2,(H,24,25). The van der Waals surface area contributed by atoms with Crippen molar-refractivity contribution in [3.63, 3.8) is 0 Å². The summed E-state index contributed by atoms with van der Waals surface area (Å²) >= 11 is 0. The Bertz CT molecular complexity index is 708. The number of carbonyl (C=O) groups is 1. The van der Waals surface area contributed by atoms with Crippen molar-refractivity contribution in [1.29, 1.82) is 0 Å². The predicted octanol–water partition coefficient (Wildman–Crippen LogP) is 3.99. The summed E-state index contributed by atoms with van der Waals surface area (Å²) in [4.78, 5) is 12.4. The molecule has 0 spiro atoms. The van der Waals surface area contributed by atoms with E-state index in [4.69, 9.17) is 0 Å². The number of nitrogens with one attached hydrogen (secondary N) is 2. The summed E-state index contributed by atoms with van der Waals surface area (Å²) in [6.07, 6.45) is 6.02. The number of amides is 1. The highest BCUT2D eigenvalue weighted by Crippen LogP contribution is 2.44. The lowest BCUT2D eigenvalue weighted by molar-refractivity contribution is -0.120. The van der Waals surface area contributed by atoms with Gasteiger partial charge in [-0.3, -0.25) is 4.79 Å². The molecule has 1 amide bonds. The quantitative estimate of drug-likeness (QED) is 0.766. The molecule has 130 valence electrons. The van der Waals surface area contributed by atoms with Crippen molar-refractivity contribution in [2.75, 3.05) is 11.9 Å². The van der Waals surface area contributed by atoms with Crippen molar-refractivity contribution in [1.82, 2.24) is 5.32 Å². The van der Waals surface area contributed by atoms with Crippen molar-refractivity contribution in [3.05, 3.63) is 65.7 Å². The van der Waals surface area contributed by atoms with E-state index in [1.807, 2.05) is 12.1 Å². The molecule has 0 aliphatic heterocycles. The first-order valence-corrected chi connectivity index (χ1v) is 9.44. The van der Waals surface area contributed by atoms with Gasteiger partial charge in [-0.15, -0.1) is 0 Å². The molecule has 25 heavy (non-hydrogen) atoms. The molecule has 3 heteroatoms. The summed E-state index contributed by atoms with van der Waals surface area (Å²) in [5.74, 6) is 1.60. The van der Waals surface area contributed by atoms with Crippen LogP contribution in [-0.2, 0) is 11.2 Å². The van der Waals surface area contributed by atoms with Crippen LogP contribution in [0.5, 0.6) is 0 Å². The van der Waals surface area contributed by atoms with E-state index >= 15 is 0 Å². The number of benzene rings is 2. The van der Waals surface area contributed by atoms with Gasteiger partial charge >= 0.3 is 0 Å². The molecule has 0 heterocycles. The molecule has 0 aromatic heterocycles. The fraction of sp³-hybridized carbons (Fsp3) is 0.409. The molecule has 2 aromatic rings. The van der Waals surface area contributed by atoms with Crippen LogP contribution in [0, 0.1) is 11.8 Å². The van der Waals surface area contributed by atoms with E-state index in [2.05, 4.69) is 53.1 Å². The third-order valence-electron chi connectivity index (χ3n) is 5.28. The molecule has 2 aromatic carbocycles. The van der Waals surface area contributed by atoms with Gasteiger partial charge in [-0.05, 0) is 61.1 Å². The van der Waals surface area contributed by atoms with Crippen LogP contribution in [0.4, 0.5) is 5.69 Å². The SMILES string of the molecule is O=C(CNc1ccccc1Cc1ccccc1)NC(C1CC1)C1CC1. The van der Waals surface area contributed by atoms with Gasteiger partial charge in [-0.25, -0.2) is 0 Å². The second-order valence-corrected chi connectivity index (χ2v) is 7.44. The van der Waals surface area contributed by atoms with Gasteiger partial charge in [0.15, 0.2) is 0 Å². The summed E-state index contributed by atoms with van der Waals surface area (Å²) in [5, 5.41) is 6.62. The Morgan fingerprint density at radius 3 is 2.24 bits per heavy atom. The second-order valence-electron chi connectivity index (χ2n) is 7.44. The van der Waals surface area contributed by atoms with Gasteiger partial charge in [-0.1, -0.05) is 48.5 Å². The lowest BCUT2D eigenvalue weighted by Crippen LogP contribution is -2.41. The van der Waals surface area contributed by atoms with Crippen molar-refractivity contribution >= 4 is 11.6 Å². The molecule has 3 nitrogen and oxygen atoms in total. The molecule has 4 rings (SSSR count). The minimum Gasteiger partial charge on any atom is -0.376 e. The minimum absolute atomic E-state index is 0.123. The zero-order chi connectivity index (χ0) is 17.1. The van der Waals surface area contributed by atoms with Crippen LogP contribution in [0.1, 0.15) is 36.8 Å². The van der Waals surface area contributed by atoms with Gasteiger partial charge in [-0.2, -0.15) is 0 Å². The Morgan fingerprint density at radius 2 is 1.56 bits per heavy atom. The molecule has 0 radical (unpaired) electrons. The van der Waals surface area contributed by atoms with E-state index in [-0.39, 0.29) is 5.91 Å². The van der Waals surface area contributed by atoms with Gasteiger partial charge in [0.05, 0.1) is 6.54 Å². The summed E-state index contributed by atoms with van der Waals surface area (Å²) in [6, 6.07) is 19.1. The van der Waals surface area contributed by atoms with Crippen molar-refractivity contribution in [2.45, 2.75) is 38.1 Å². The fourth-order valence-electron chi connectivity index (χ4n) is 3.61. The highest BCUT2D eigenvalue weighted by molar-refractivity contribution is 5.81. The van der Waals surface area contributed by atoms with Crippen molar-refractivity contribution in [3.8, 4) is 0 Å². The molecular weight excluding hydrogens is 308 g/mol. The minimum atomic E-state index is 0.123. The number of anilines is 1. The lowest BCUT2D eigenvalue weighted by atomic mass is 10.0. The highest BCUT2D eigenvalue weighted by atomic mass is 16.2. The average Bonchev–Trinajstić information content (AvgIpc) is 3.54. The highest BCUT2D eigenvalue weighted by Gasteiger charge is 2.42. The van der Waals surface area contributed by atoms with E-state index in [1.54, 1.807) is 0 Å². The van der Waals surface area contributed by atoms with Crippen LogP contribution >= 0.6 is 0 Å². The molecule has 0 atom stereocenters. The average molecular weight is 334 g/mol. The number of hydrogen-bond acceptors (Lipinski definition) is 2. The topological polar surface area (TPSA) is 41.1 Å². The summed E-state index contributed by atoms with van der Waals surface area (Å²) in [5.41, 5.74) is 3.56. The van der Waals surface area contributed by atoms with E-state index in [9.17, 15) is 4.79 Å². The number of carbonyl (C=O) groups excluding carboxylic acids is 1. The molecule has 2 saturated carbocycles. The van der Waals surface area contributed by atoms with Crippen LogP contribution in [0.25, 0.3) is 0 Å². The molecule has 2 aliphatic rings. The molecule has 0 bridgehead atoms. The summed E-state index contributed by atoms with van der Waals surface area (Å²) in [7, 11) is 0. The fourth-order valence-corrected chi connectivity index (χ4v) is 3.61. The van der Waals surface area contributed by atoms with Gasteiger partial charge in [0.1, 0.15) is 0 Å². The van der Waals surface area contributed by atoms with Crippen molar-refractivity contribution in [2.24, 2.45) is 11.8 Å². The molecule has 0 saturated heterocycles. The largest absolute Gasteiger partial charge is 0.376 e. The molecule has 2 fully saturated rings. The maximum Gasteiger partial charge on any atom is 0.239 e. The van der Waals surface area contributed by atoms with Crippen LogP contribution < -0.4 is 10.6 Å². The van der Waals surface area contributed by atoms with Crippen LogP contribution in [-0.4, -0.2) is 18.5 Å². The number of para-hydroxylation sites is 1. The van der Waals surface area contributed by atoms with Crippen LogP contribution in [0.2, 0.25) is 0 Å². The van der Waals surface area contributed by atoms with E-state index in [0.717, 1.165) is 23.9 Å². The first kappa shape index (κ1) is 16.2. The van der Waals surface area contributed by atoms with Crippen LogP contribution in [0.15, 0.2) is 54.6 Å². The molecular formula is C22H26N2O. The normalized spacial score (nSPS) is 16.7. The zero-order valence-corrected chi connectivity index (χ0v) is 14.6. The van der Waals surface area contributed by atoms with Crippen molar-refractivity contribution < 1.29 is 4.79 Å². The lowest BCUT2D eigenvalue weighted by Gasteiger charge is -2.18. The first-order valence-electron chi connectivity index (χ1n) is 9.44. The van der Waals surface area contributed by atoms with E-state index in [0.29, 0.717) is 12.6 Å². The Labute approximate surface area is 149 Å². The number of rotatable bonds is 8. The maximum absolute atomic E-state index is 12.4. The van der Waals surface area contributed by atoms with Gasteiger partial charge in [0.2, 0.25) is 5.91 Å². The first-order chi connectivity index (χ1) is 12.3. The second kappa shape index (κ2) is 7.30. The van der Waals surface area contributed by atoms with E-state index < -0.39 is 0 Å². The Kier molecular flexibility index (Phi) is 4.73. The third kappa shape index (κ3) is 4.41. The summed E-state index contributed by atoms with van der Waals surface area (Å²) < 4.78 is 0. The number of hydrogen-bond donors (Lipinski definition) is 2. The Hall–Kier alpha value is -2.29. The van der Waals surface area contributed by atoms with Gasteiger partial charge < -0.3 is 10.6 Å². The molecule has 2 aliphatic carbocycles. The monoisotopic (exact) mass is 334 g/mol. The third-order valence-corrected chi connectivity index (χ3v) is 5.28. The smallest absolute Gasteiger partial charge is 0.239 e. The maximum atomic E-state index is 12.4.